The summed E-state index contributed by atoms with van der Waals surface area (Å²) < 4.78 is 0. The van der Waals surface area contributed by atoms with E-state index in [0.29, 0.717) is 5.92 Å². The van der Waals surface area contributed by atoms with E-state index in [2.05, 4.69) is 36.0 Å². The van der Waals surface area contributed by atoms with Gasteiger partial charge in [0.15, 0.2) is 0 Å². The maximum absolute atomic E-state index is 4.56. The van der Waals surface area contributed by atoms with Crippen LogP contribution < -0.4 is 4.90 Å². The molecule has 4 heterocycles. The van der Waals surface area contributed by atoms with Crippen molar-refractivity contribution in [1.29, 1.82) is 0 Å². The number of anilines is 1. The monoisotopic (exact) mass is 339 g/mol. The van der Waals surface area contributed by atoms with E-state index in [1.807, 2.05) is 13.2 Å². The van der Waals surface area contributed by atoms with Crippen LogP contribution in [0.4, 0.5) is 5.82 Å². The molecule has 2 aromatic rings. The van der Waals surface area contributed by atoms with E-state index in [0.717, 1.165) is 56.1 Å². The number of aryl methyl sites for hydroxylation is 1. The zero-order chi connectivity index (χ0) is 16.8. The van der Waals surface area contributed by atoms with Crippen LogP contribution in [0.2, 0.25) is 0 Å². The number of nitrogens with zero attached hydrogens (tertiary/aromatic N) is 7. The Bertz CT molecular complexity index is 739. The summed E-state index contributed by atoms with van der Waals surface area (Å²) in [5, 5.41) is 8.58. The van der Waals surface area contributed by atoms with Crippen molar-refractivity contribution >= 4 is 5.82 Å². The van der Waals surface area contributed by atoms with Crippen LogP contribution in [0.15, 0.2) is 18.6 Å². The second kappa shape index (κ2) is 6.05. The summed E-state index contributed by atoms with van der Waals surface area (Å²) in [5.74, 6) is 3.27. The fraction of sp³-hybridized carbons (Fsp3) is 0.667. The van der Waals surface area contributed by atoms with Gasteiger partial charge in [0, 0.05) is 57.4 Å². The van der Waals surface area contributed by atoms with Crippen molar-refractivity contribution in [1.82, 2.24) is 29.9 Å². The third-order valence-corrected chi connectivity index (χ3v) is 6.12. The lowest BCUT2D eigenvalue weighted by Crippen LogP contribution is -2.29. The van der Waals surface area contributed by atoms with E-state index in [9.17, 15) is 0 Å². The lowest BCUT2D eigenvalue weighted by atomic mass is 9.83. The predicted molar refractivity (Wildman–Crippen MR) is 94.1 cm³/mol. The van der Waals surface area contributed by atoms with Gasteiger partial charge in [-0.25, -0.2) is 9.97 Å². The molecule has 25 heavy (non-hydrogen) atoms. The van der Waals surface area contributed by atoms with Gasteiger partial charge in [0.2, 0.25) is 0 Å². The van der Waals surface area contributed by atoms with Crippen LogP contribution in [-0.2, 0) is 13.6 Å². The van der Waals surface area contributed by atoms with Gasteiger partial charge in [-0.2, -0.15) is 15.0 Å². The van der Waals surface area contributed by atoms with Crippen LogP contribution in [0.3, 0.4) is 0 Å². The van der Waals surface area contributed by atoms with Crippen LogP contribution in [0.25, 0.3) is 0 Å². The van der Waals surface area contributed by atoms with Crippen LogP contribution in [0.5, 0.6) is 0 Å². The minimum atomic E-state index is 0.673. The van der Waals surface area contributed by atoms with Gasteiger partial charge in [-0.05, 0) is 24.7 Å². The topological polar surface area (TPSA) is 63.0 Å². The molecule has 1 saturated carbocycles. The Hall–Kier alpha value is -2.02. The van der Waals surface area contributed by atoms with Gasteiger partial charge in [-0.1, -0.05) is 6.42 Å². The molecule has 0 bridgehead atoms. The lowest BCUT2D eigenvalue weighted by molar-refractivity contribution is 0.304. The molecule has 0 N–H and O–H groups in total. The first-order valence-corrected chi connectivity index (χ1v) is 9.39. The van der Waals surface area contributed by atoms with Gasteiger partial charge in [0.05, 0.1) is 11.9 Å². The average molecular weight is 339 g/mol. The molecular weight excluding hydrogens is 314 g/mol. The van der Waals surface area contributed by atoms with Gasteiger partial charge in [-0.3, -0.25) is 4.90 Å². The van der Waals surface area contributed by atoms with Gasteiger partial charge < -0.3 is 4.90 Å². The predicted octanol–water partition coefficient (Wildman–Crippen LogP) is 1.44. The minimum Gasteiger partial charge on any atom is -0.356 e. The fourth-order valence-electron chi connectivity index (χ4n) is 4.56. The number of fused-ring (bicyclic) bond motifs is 1. The second-order valence-electron chi connectivity index (χ2n) is 7.87. The Morgan fingerprint density at radius 1 is 1.08 bits per heavy atom. The highest BCUT2D eigenvalue weighted by Gasteiger charge is 2.40. The Morgan fingerprint density at radius 3 is 2.52 bits per heavy atom. The van der Waals surface area contributed by atoms with Crippen molar-refractivity contribution < 1.29 is 0 Å². The zero-order valence-electron chi connectivity index (χ0n) is 14.8. The number of hydrogen-bond donors (Lipinski definition) is 0. The minimum absolute atomic E-state index is 0.673. The Kier molecular flexibility index (Phi) is 3.69. The second-order valence-corrected chi connectivity index (χ2v) is 7.87. The molecule has 0 amide bonds. The molecule has 0 aromatic carbocycles. The van der Waals surface area contributed by atoms with Crippen LogP contribution >= 0.6 is 0 Å². The molecule has 2 atom stereocenters. The van der Waals surface area contributed by atoms with Crippen molar-refractivity contribution in [2.45, 2.75) is 31.7 Å². The molecule has 3 aliphatic rings. The fourth-order valence-corrected chi connectivity index (χ4v) is 4.56. The summed E-state index contributed by atoms with van der Waals surface area (Å²) in [5.41, 5.74) is 2.32. The first-order valence-electron chi connectivity index (χ1n) is 9.39. The average Bonchev–Trinajstić information content (AvgIpc) is 3.21. The number of likely N-dealkylation sites (tertiary alicyclic amines) is 1. The normalized spacial score (nSPS) is 26.8. The van der Waals surface area contributed by atoms with Crippen molar-refractivity contribution in [2.75, 3.05) is 31.1 Å². The summed E-state index contributed by atoms with van der Waals surface area (Å²) in [7, 11) is 1.87. The van der Waals surface area contributed by atoms with Crippen molar-refractivity contribution in [3.63, 3.8) is 0 Å². The van der Waals surface area contributed by atoms with E-state index in [1.165, 1.54) is 25.0 Å². The van der Waals surface area contributed by atoms with Gasteiger partial charge in [0.1, 0.15) is 12.1 Å². The van der Waals surface area contributed by atoms with Gasteiger partial charge in [0.25, 0.3) is 0 Å². The molecule has 132 valence electrons. The first kappa shape index (κ1) is 15.3. The Balaban J connectivity index is 1.22. The highest BCUT2D eigenvalue weighted by Crippen LogP contribution is 2.37. The lowest BCUT2D eigenvalue weighted by Gasteiger charge is -2.26. The summed E-state index contributed by atoms with van der Waals surface area (Å²) in [6.45, 7) is 5.45. The molecular formula is C18H25N7. The standard InChI is InChI=1S/C18H25N7/c1-23-21-6-16(22-23)11-24-7-14-9-25(10-15(14)8-24)18-5-17(19-12-20-18)13-3-2-4-13/h5-6,12-15H,2-4,7-11H2,1H3. The van der Waals surface area contributed by atoms with Gasteiger partial charge >= 0.3 is 0 Å². The number of aromatic nitrogens is 5. The summed E-state index contributed by atoms with van der Waals surface area (Å²) >= 11 is 0. The molecule has 3 fully saturated rings. The van der Waals surface area contributed by atoms with E-state index < -0.39 is 0 Å². The molecule has 2 aliphatic heterocycles. The third kappa shape index (κ3) is 2.90. The molecule has 2 aromatic heterocycles. The van der Waals surface area contributed by atoms with E-state index in [4.69, 9.17) is 0 Å². The molecule has 2 unspecified atom stereocenters. The quantitative estimate of drug-likeness (QED) is 0.840. The van der Waals surface area contributed by atoms with Crippen LogP contribution in [-0.4, -0.2) is 56.0 Å². The highest BCUT2D eigenvalue weighted by atomic mass is 15.5. The van der Waals surface area contributed by atoms with E-state index in [-0.39, 0.29) is 0 Å². The van der Waals surface area contributed by atoms with E-state index in [1.54, 1.807) is 11.1 Å². The number of rotatable bonds is 4. The molecule has 5 rings (SSSR count). The Morgan fingerprint density at radius 2 is 1.88 bits per heavy atom. The van der Waals surface area contributed by atoms with E-state index >= 15 is 0 Å². The maximum atomic E-state index is 4.56. The molecule has 0 spiro atoms. The largest absolute Gasteiger partial charge is 0.356 e. The van der Waals surface area contributed by atoms with Crippen LogP contribution in [0.1, 0.15) is 36.6 Å². The summed E-state index contributed by atoms with van der Waals surface area (Å²) in [6.07, 6.45) is 7.57. The SMILES string of the molecule is Cn1ncc(CN2CC3CN(c4cc(C5CCC5)ncn4)CC3C2)n1. The highest BCUT2D eigenvalue weighted by molar-refractivity contribution is 5.42. The molecule has 2 saturated heterocycles. The van der Waals surface area contributed by atoms with Crippen molar-refractivity contribution in [3.8, 4) is 0 Å². The first-order chi connectivity index (χ1) is 12.2. The molecule has 7 nitrogen and oxygen atoms in total. The third-order valence-electron chi connectivity index (χ3n) is 6.12. The smallest absolute Gasteiger partial charge is 0.132 e. The zero-order valence-corrected chi connectivity index (χ0v) is 14.8. The maximum Gasteiger partial charge on any atom is 0.132 e. The Labute approximate surface area is 148 Å². The molecule has 7 heteroatoms. The molecule has 0 radical (unpaired) electrons. The molecule has 1 aliphatic carbocycles. The van der Waals surface area contributed by atoms with Crippen molar-refractivity contribution in [2.24, 2.45) is 18.9 Å². The summed E-state index contributed by atoms with van der Waals surface area (Å²) in [6, 6.07) is 2.24. The summed E-state index contributed by atoms with van der Waals surface area (Å²) in [4.78, 5) is 15.7. The number of hydrogen-bond acceptors (Lipinski definition) is 6. The van der Waals surface area contributed by atoms with Crippen molar-refractivity contribution in [3.05, 3.63) is 30.0 Å². The van der Waals surface area contributed by atoms with Gasteiger partial charge in [-0.15, -0.1) is 0 Å². The van der Waals surface area contributed by atoms with Crippen LogP contribution in [0, 0.1) is 11.8 Å².